The number of methoxy groups -OCH3 is 1. The van der Waals surface area contributed by atoms with E-state index in [1.165, 1.54) is 13.2 Å². The van der Waals surface area contributed by atoms with Crippen LogP contribution in [0.5, 0.6) is 5.75 Å². The monoisotopic (exact) mass is 556 g/mol. The van der Waals surface area contributed by atoms with E-state index in [0.717, 1.165) is 0 Å². The lowest BCUT2D eigenvalue weighted by atomic mass is 9.89. The molecule has 3 aromatic carbocycles. The Morgan fingerprint density at radius 2 is 1.56 bits per heavy atom. The van der Waals surface area contributed by atoms with E-state index in [1.807, 2.05) is 0 Å². The predicted octanol–water partition coefficient (Wildman–Crippen LogP) is 6.60. The van der Waals surface area contributed by atoms with Crippen LogP contribution in [-0.2, 0) is 10.2 Å². The van der Waals surface area contributed by atoms with Gasteiger partial charge in [-0.2, -0.15) is 0 Å². The summed E-state index contributed by atoms with van der Waals surface area (Å²) in [6.07, 6.45) is 0. The third kappa shape index (κ3) is 4.10. The van der Waals surface area contributed by atoms with Crippen molar-refractivity contribution < 1.29 is 14.3 Å². The van der Waals surface area contributed by atoms with Crippen LogP contribution < -0.4 is 15.8 Å². The molecule has 0 saturated heterocycles. The van der Waals surface area contributed by atoms with Crippen molar-refractivity contribution in [3.8, 4) is 5.75 Å². The number of rotatable bonds is 6. The quantitative estimate of drug-likeness (QED) is 0.335. The predicted molar refractivity (Wildman–Crippen MR) is 137 cm³/mol. The number of carbonyl (C=O) groups excluding carboxylic acids is 2. The summed E-state index contributed by atoms with van der Waals surface area (Å²) >= 11 is 32.0. The SMILES string of the molecule is COc1ccc(C(=O)Nc2cc(C3(C(N)=O)C(c4cc(Cl)cc(Cl)c4)C3(Cl)Cl)ccc2Cl)cc1. The molecule has 0 spiro atoms. The van der Waals surface area contributed by atoms with Crippen LogP contribution in [0.1, 0.15) is 27.4 Å². The molecule has 0 bridgehead atoms. The van der Waals surface area contributed by atoms with Crippen molar-refractivity contribution in [2.45, 2.75) is 15.7 Å². The van der Waals surface area contributed by atoms with Gasteiger partial charge in [0.2, 0.25) is 5.91 Å². The van der Waals surface area contributed by atoms with Gasteiger partial charge in [-0.3, -0.25) is 9.59 Å². The van der Waals surface area contributed by atoms with Crippen LogP contribution >= 0.6 is 58.0 Å². The fraction of sp³-hybridized carbons (Fsp3) is 0.167. The number of amides is 2. The normalized spacial score (nSPS) is 20.5. The maximum atomic E-state index is 12.8. The van der Waals surface area contributed by atoms with Gasteiger partial charge in [-0.25, -0.2) is 0 Å². The molecule has 2 amide bonds. The van der Waals surface area contributed by atoms with E-state index in [9.17, 15) is 9.59 Å². The van der Waals surface area contributed by atoms with Gasteiger partial charge in [0.15, 0.2) is 0 Å². The fourth-order valence-electron chi connectivity index (χ4n) is 4.22. The van der Waals surface area contributed by atoms with Crippen molar-refractivity contribution in [2.24, 2.45) is 5.73 Å². The Morgan fingerprint density at radius 3 is 2.12 bits per heavy atom. The lowest BCUT2D eigenvalue weighted by Crippen LogP contribution is -2.34. The number of halogens is 5. The molecule has 3 N–H and O–H groups in total. The molecule has 0 radical (unpaired) electrons. The number of nitrogens with one attached hydrogen (secondary N) is 1. The van der Waals surface area contributed by atoms with Gasteiger partial charge in [-0.15, -0.1) is 0 Å². The van der Waals surface area contributed by atoms with Crippen LogP contribution in [0.4, 0.5) is 5.69 Å². The highest BCUT2D eigenvalue weighted by atomic mass is 35.5. The molecule has 176 valence electrons. The van der Waals surface area contributed by atoms with Gasteiger partial charge in [0, 0.05) is 21.5 Å². The molecule has 34 heavy (non-hydrogen) atoms. The number of primary amides is 1. The lowest BCUT2D eigenvalue weighted by molar-refractivity contribution is -0.120. The van der Waals surface area contributed by atoms with Crippen LogP contribution in [0.15, 0.2) is 60.7 Å². The highest BCUT2D eigenvalue weighted by Gasteiger charge is 2.80. The number of alkyl halides is 2. The van der Waals surface area contributed by atoms with Crippen LogP contribution in [0.3, 0.4) is 0 Å². The first-order chi connectivity index (χ1) is 16.0. The Balaban J connectivity index is 1.73. The van der Waals surface area contributed by atoms with Gasteiger partial charge < -0.3 is 15.8 Å². The highest BCUT2D eigenvalue weighted by Crippen LogP contribution is 2.74. The topological polar surface area (TPSA) is 81.4 Å². The number of hydrogen-bond acceptors (Lipinski definition) is 3. The summed E-state index contributed by atoms with van der Waals surface area (Å²) in [7, 11) is 1.53. The Labute approximate surface area is 221 Å². The summed E-state index contributed by atoms with van der Waals surface area (Å²) < 4.78 is 3.53. The second-order valence-electron chi connectivity index (χ2n) is 7.81. The molecule has 2 atom stereocenters. The Hall–Kier alpha value is -2.15. The van der Waals surface area contributed by atoms with Crippen molar-refractivity contribution in [3.05, 3.63) is 92.4 Å². The number of carbonyl (C=O) groups is 2. The molecule has 0 aromatic heterocycles. The van der Waals surface area contributed by atoms with Crippen molar-refractivity contribution in [1.82, 2.24) is 0 Å². The lowest BCUT2D eigenvalue weighted by Gasteiger charge is -2.18. The fourth-order valence-corrected chi connectivity index (χ4v) is 6.02. The molecule has 0 heterocycles. The molecular formula is C24H17Cl5N2O3. The summed E-state index contributed by atoms with van der Waals surface area (Å²) in [5, 5.41) is 3.73. The highest BCUT2D eigenvalue weighted by molar-refractivity contribution is 6.55. The Bertz CT molecular complexity index is 1280. The summed E-state index contributed by atoms with van der Waals surface area (Å²) in [4.78, 5) is 25.6. The summed E-state index contributed by atoms with van der Waals surface area (Å²) in [6.45, 7) is 0. The van der Waals surface area contributed by atoms with E-state index in [1.54, 1.807) is 54.6 Å². The van der Waals surface area contributed by atoms with Gasteiger partial charge >= 0.3 is 0 Å². The van der Waals surface area contributed by atoms with Crippen molar-refractivity contribution >= 4 is 75.5 Å². The van der Waals surface area contributed by atoms with E-state index in [-0.39, 0.29) is 10.7 Å². The molecule has 10 heteroatoms. The van der Waals surface area contributed by atoms with E-state index in [0.29, 0.717) is 32.5 Å². The van der Waals surface area contributed by atoms with Crippen molar-refractivity contribution in [3.63, 3.8) is 0 Å². The molecule has 1 fully saturated rings. The standard InChI is InChI=1S/C24H17Cl5N2O3/c1-34-17-5-2-12(3-6-17)21(32)31-19-10-14(4-7-18(19)27)23(22(30)33)20(24(23,28)29)13-8-15(25)11-16(26)9-13/h2-11,20H,1H3,(H2,30,33)(H,31,32). The third-order valence-corrected chi connectivity index (χ3v) is 7.67. The van der Waals surface area contributed by atoms with Crippen molar-refractivity contribution in [2.75, 3.05) is 12.4 Å². The minimum atomic E-state index is -1.59. The first kappa shape index (κ1) is 25.0. The van der Waals surface area contributed by atoms with Gasteiger partial charge in [0.05, 0.1) is 17.8 Å². The number of nitrogens with two attached hydrogens (primary N) is 1. The summed E-state index contributed by atoms with van der Waals surface area (Å²) in [5.41, 5.74) is 5.93. The van der Waals surface area contributed by atoms with Gasteiger partial charge in [0.25, 0.3) is 5.91 Å². The Morgan fingerprint density at radius 1 is 0.941 bits per heavy atom. The smallest absolute Gasteiger partial charge is 0.255 e. The maximum absolute atomic E-state index is 12.8. The minimum absolute atomic E-state index is 0.253. The van der Waals surface area contributed by atoms with Crippen LogP contribution in [0.25, 0.3) is 0 Å². The molecule has 5 nitrogen and oxygen atoms in total. The average Bonchev–Trinajstić information content (AvgIpc) is 3.32. The number of benzene rings is 3. The molecule has 2 unspecified atom stereocenters. The number of ether oxygens (including phenoxy) is 1. The molecule has 1 saturated carbocycles. The largest absolute Gasteiger partial charge is 0.497 e. The molecule has 0 aliphatic heterocycles. The molecular weight excluding hydrogens is 542 g/mol. The number of hydrogen-bond donors (Lipinski definition) is 2. The minimum Gasteiger partial charge on any atom is -0.497 e. The zero-order chi connectivity index (χ0) is 24.8. The van der Waals surface area contributed by atoms with E-state index in [4.69, 9.17) is 68.5 Å². The maximum Gasteiger partial charge on any atom is 0.255 e. The third-order valence-electron chi connectivity index (χ3n) is 5.87. The first-order valence-electron chi connectivity index (χ1n) is 9.91. The average molecular weight is 559 g/mol. The Kier molecular flexibility index (Phi) is 6.71. The zero-order valence-corrected chi connectivity index (χ0v) is 21.3. The molecule has 4 rings (SSSR count). The molecule has 1 aliphatic rings. The van der Waals surface area contributed by atoms with Crippen molar-refractivity contribution in [1.29, 1.82) is 0 Å². The molecule has 1 aliphatic carbocycles. The van der Waals surface area contributed by atoms with Gasteiger partial charge in [0.1, 0.15) is 15.5 Å². The van der Waals surface area contributed by atoms with E-state index >= 15 is 0 Å². The number of anilines is 1. The second kappa shape index (κ2) is 9.14. The summed E-state index contributed by atoms with van der Waals surface area (Å²) in [6, 6.07) is 16.0. The first-order valence-corrected chi connectivity index (χ1v) is 11.8. The zero-order valence-electron chi connectivity index (χ0n) is 17.5. The van der Waals surface area contributed by atoms with Crippen LogP contribution in [0, 0.1) is 0 Å². The summed E-state index contributed by atoms with van der Waals surface area (Å²) in [5.74, 6) is -1.27. The van der Waals surface area contributed by atoms with E-state index < -0.39 is 27.5 Å². The molecule has 3 aromatic rings. The second-order valence-corrected chi connectivity index (χ2v) is 10.5. The van der Waals surface area contributed by atoms with Crippen LogP contribution in [-0.4, -0.2) is 23.3 Å². The van der Waals surface area contributed by atoms with Crippen LogP contribution in [0.2, 0.25) is 15.1 Å². The van der Waals surface area contributed by atoms with E-state index in [2.05, 4.69) is 5.32 Å². The van der Waals surface area contributed by atoms with Gasteiger partial charge in [-0.05, 0) is 65.7 Å². The van der Waals surface area contributed by atoms with Gasteiger partial charge in [-0.1, -0.05) is 64.1 Å².